The SMILES string of the molecule is COCC(C)N(C)CC(N)c1cccc(F)c1. The molecule has 0 spiro atoms. The van der Waals surface area contributed by atoms with Gasteiger partial charge in [0.15, 0.2) is 0 Å². The minimum atomic E-state index is -0.245. The van der Waals surface area contributed by atoms with Gasteiger partial charge in [-0.15, -0.1) is 0 Å². The Morgan fingerprint density at radius 3 is 2.76 bits per heavy atom. The van der Waals surface area contributed by atoms with E-state index in [1.807, 2.05) is 13.1 Å². The van der Waals surface area contributed by atoms with Crippen LogP contribution in [0.4, 0.5) is 4.39 Å². The third kappa shape index (κ3) is 4.42. The molecule has 1 rings (SSSR count). The summed E-state index contributed by atoms with van der Waals surface area (Å²) in [5, 5.41) is 0. The van der Waals surface area contributed by atoms with E-state index < -0.39 is 0 Å². The number of methoxy groups -OCH3 is 1. The van der Waals surface area contributed by atoms with Crippen LogP contribution >= 0.6 is 0 Å². The number of ether oxygens (including phenoxy) is 1. The number of nitrogens with two attached hydrogens (primary N) is 1. The Morgan fingerprint density at radius 2 is 2.18 bits per heavy atom. The van der Waals surface area contributed by atoms with Crippen molar-refractivity contribution in [2.45, 2.75) is 19.0 Å². The number of likely N-dealkylation sites (N-methyl/N-ethyl adjacent to an activating group) is 1. The number of benzene rings is 1. The summed E-state index contributed by atoms with van der Waals surface area (Å²) >= 11 is 0. The van der Waals surface area contributed by atoms with Gasteiger partial charge in [0.1, 0.15) is 5.82 Å². The molecule has 1 aromatic carbocycles. The molecule has 1 aromatic rings. The zero-order valence-electron chi connectivity index (χ0n) is 10.7. The summed E-state index contributed by atoms with van der Waals surface area (Å²) in [6, 6.07) is 6.55. The Morgan fingerprint density at radius 1 is 1.47 bits per heavy atom. The fourth-order valence-electron chi connectivity index (χ4n) is 1.70. The molecule has 0 fully saturated rings. The standard InChI is InChI=1S/C13H21FN2O/c1-10(9-17-3)16(2)8-13(15)11-5-4-6-12(14)7-11/h4-7,10,13H,8-9,15H2,1-3H3. The highest BCUT2D eigenvalue weighted by Crippen LogP contribution is 2.13. The average molecular weight is 240 g/mol. The smallest absolute Gasteiger partial charge is 0.123 e. The number of hydrogen-bond donors (Lipinski definition) is 1. The molecule has 2 atom stereocenters. The number of rotatable bonds is 6. The van der Waals surface area contributed by atoms with Crippen LogP contribution in [0.5, 0.6) is 0 Å². The lowest BCUT2D eigenvalue weighted by Gasteiger charge is -2.27. The third-order valence-corrected chi connectivity index (χ3v) is 2.92. The maximum atomic E-state index is 13.1. The van der Waals surface area contributed by atoms with Gasteiger partial charge in [-0.1, -0.05) is 12.1 Å². The normalized spacial score (nSPS) is 14.9. The van der Waals surface area contributed by atoms with Crippen molar-refractivity contribution in [2.24, 2.45) is 5.73 Å². The summed E-state index contributed by atoms with van der Waals surface area (Å²) in [7, 11) is 3.67. The first-order valence-electron chi connectivity index (χ1n) is 5.74. The molecule has 2 N–H and O–H groups in total. The monoisotopic (exact) mass is 240 g/mol. The zero-order valence-corrected chi connectivity index (χ0v) is 10.7. The minimum Gasteiger partial charge on any atom is -0.383 e. The molecule has 0 aliphatic heterocycles. The zero-order chi connectivity index (χ0) is 12.8. The predicted molar refractivity (Wildman–Crippen MR) is 67.3 cm³/mol. The van der Waals surface area contributed by atoms with Crippen molar-refractivity contribution in [3.8, 4) is 0 Å². The first kappa shape index (κ1) is 14.1. The van der Waals surface area contributed by atoms with Crippen LogP contribution in [0.15, 0.2) is 24.3 Å². The molecule has 0 aliphatic carbocycles. The van der Waals surface area contributed by atoms with Gasteiger partial charge in [-0.05, 0) is 31.7 Å². The first-order chi connectivity index (χ1) is 8.04. The highest BCUT2D eigenvalue weighted by Gasteiger charge is 2.14. The van der Waals surface area contributed by atoms with Crippen molar-refractivity contribution in [3.05, 3.63) is 35.6 Å². The average Bonchev–Trinajstić information content (AvgIpc) is 2.29. The van der Waals surface area contributed by atoms with Crippen molar-refractivity contribution in [2.75, 3.05) is 27.3 Å². The molecule has 0 aliphatic rings. The van der Waals surface area contributed by atoms with Crippen LogP contribution in [0, 0.1) is 5.82 Å². The molecule has 2 unspecified atom stereocenters. The fourth-order valence-corrected chi connectivity index (χ4v) is 1.70. The third-order valence-electron chi connectivity index (χ3n) is 2.92. The van der Waals surface area contributed by atoms with E-state index in [0.717, 1.165) is 5.56 Å². The van der Waals surface area contributed by atoms with E-state index in [2.05, 4.69) is 11.8 Å². The fraction of sp³-hybridized carbons (Fsp3) is 0.538. The lowest BCUT2D eigenvalue weighted by Crippen LogP contribution is -2.37. The van der Waals surface area contributed by atoms with Crippen LogP contribution in [0.1, 0.15) is 18.5 Å². The Kier molecular flexibility index (Phi) is 5.55. The van der Waals surface area contributed by atoms with Crippen LogP contribution in [0.2, 0.25) is 0 Å². The minimum absolute atomic E-state index is 0.185. The molecular formula is C13H21FN2O. The molecule has 4 heteroatoms. The van der Waals surface area contributed by atoms with Crippen LogP contribution in [-0.4, -0.2) is 38.3 Å². The quantitative estimate of drug-likeness (QED) is 0.824. The van der Waals surface area contributed by atoms with Crippen molar-refractivity contribution >= 4 is 0 Å². The van der Waals surface area contributed by atoms with Crippen LogP contribution in [0.25, 0.3) is 0 Å². The number of hydrogen-bond acceptors (Lipinski definition) is 3. The summed E-state index contributed by atoms with van der Waals surface area (Å²) in [6.07, 6.45) is 0. The molecular weight excluding hydrogens is 219 g/mol. The molecule has 0 amide bonds. The Hall–Kier alpha value is -0.970. The van der Waals surface area contributed by atoms with Gasteiger partial charge >= 0.3 is 0 Å². The lowest BCUT2D eigenvalue weighted by atomic mass is 10.1. The highest BCUT2D eigenvalue weighted by molar-refractivity contribution is 5.20. The van der Waals surface area contributed by atoms with Gasteiger partial charge in [-0.25, -0.2) is 4.39 Å². The molecule has 96 valence electrons. The molecule has 3 nitrogen and oxygen atoms in total. The largest absolute Gasteiger partial charge is 0.383 e. The van der Waals surface area contributed by atoms with E-state index in [4.69, 9.17) is 10.5 Å². The topological polar surface area (TPSA) is 38.5 Å². The van der Waals surface area contributed by atoms with Crippen LogP contribution in [0.3, 0.4) is 0 Å². The summed E-state index contributed by atoms with van der Waals surface area (Å²) in [5.74, 6) is -0.245. The Bertz CT molecular complexity index is 346. The maximum Gasteiger partial charge on any atom is 0.123 e. The molecule has 0 heterocycles. The molecule has 0 aromatic heterocycles. The van der Waals surface area contributed by atoms with Crippen LogP contribution in [-0.2, 0) is 4.74 Å². The van der Waals surface area contributed by atoms with Crippen molar-refractivity contribution in [3.63, 3.8) is 0 Å². The van der Waals surface area contributed by atoms with E-state index in [0.29, 0.717) is 19.2 Å². The van der Waals surface area contributed by atoms with Crippen LogP contribution < -0.4 is 5.73 Å². The molecule has 0 bridgehead atoms. The van der Waals surface area contributed by atoms with Gasteiger partial charge in [-0.3, -0.25) is 4.90 Å². The predicted octanol–water partition coefficient (Wildman–Crippen LogP) is 1.79. The Balaban J connectivity index is 2.56. The molecule has 0 radical (unpaired) electrons. The lowest BCUT2D eigenvalue weighted by molar-refractivity contribution is 0.112. The molecule has 0 saturated carbocycles. The van der Waals surface area contributed by atoms with Crippen molar-refractivity contribution in [1.82, 2.24) is 4.90 Å². The van der Waals surface area contributed by atoms with Gasteiger partial charge in [0.05, 0.1) is 6.61 Å². The van der Waals surface area contributed by atoms with Gasteiger partial charge in [0.2, 0.25) is 0 Å². The summed E-state index contributed by atoms with van der Waals surface area (Å²) in [6.45, 7) is 3.40. The van der Waals surface area contributed by atoms with Gasteiger partial charge in [0.25, 0.3) is 0 Å². The summed E-state index contributed by atoms with van der Waals surface area (Å²) in [5.41, 5.74) is 6.87. The van der Waals surface area contributed by atoms with E-state index in [-0.39, 0.29) is 11.9 Å². The van der Waals surface area contributed by atoms with Crippen molar-refractivity contribution < 1.29 is 9.13 Å². The maximum absolute atomic E-state index is 13.1. The second kappa shape index (κ2) is 6.69. The first-order valence-corrected chi connectivity index (χ1v) is 5.74. The van der Waals surface area contributed by atoms with Gasteiger partial charge < -0.3 is 10.5 Å². The molecule has 0 saturated heterocycles. The highest BCUT2D eigenvalue weighted by atomic mass is 19.1. The Labute approximate surface area is 102 Å². The van der Waals surface area contributed by atoms with E-state index in [1.54, 1.807) is 13.2 Å². The van der Waals surface area contributed by atoms with Gasteiger partial charge in [0, 0.05) is 25.7 Å². The van der Waals surface area contributed by atoms with E-state index in [1.165, 1.54) is 12.1 Å². The summed E-state index contributed by atoms with van der Waals surface area (Å²) < 4.78 is 18.1. The van der Waals surface area contributed by atoms with E-state index >= 15 is 0 Å². The number of halogens is 1. The van der Waals surface area contributed by atoms with Gasteiger partial charge in [-0.2, -0.15) is 0 Å². The second-order valence-corrected chi connectivity index (χ2v) is 4.41. The molecule has 17 heavy (non-hydrogen) atoms. The van der Waals surface area contributed by atoms with E-state index in [9.17, 15) is 4.39 Å². The number of nitrogens with zero attached hydrogens (tertiary/aromatic N) is 1. The second-order valence-electron chi connectivity index (χ2n) is 4.41. The summed E-state index contributed by atoms with van der Waals surface area (Å²) in [4.78, 5) is 2.11. The van der Waals surface area contributed by atoms with Crippen molar-refractivity contribution in [1.29, 1.82) is 0 Å².